The Morgan fingerprint density at radius 2 is 1.87 bits per heavy atom. The van der Waals surface area contributed by atoms with Crippen molar-refractivity contribution < 1.29 is 14.3 Å². The maximum atomic E-state index is 12.0. The number of hydrogen-bond donors (Lipinski definition) is 1. The van der Waals surface area contributed by atoms with E-state index in [1.165, 1.54) is 19.3 Å². The molecular weight excluding hydrogens is 290 g/mol. The van der Waals surface area contributed by atoms with Crippen molar-refractivity contribution in [2.24, 2.45) is 5.92 Å². The van der Waals surface area contributed by atoms with Crippen LogP contribution in [-0.2, 0) is 4.79 Å². The molecule has 0 aliphatic heterocycles. The van der Waals surface area contributed by atoms with Gasteiger partial charge in [-0.1, -0.05) is 19.8 Å². The third kappa shape index (κ3) is 5.70. The van der Waals surface area contributed by atoms with Gasteiger partial charge >= 0.3 is 0 Å². The molecule has 1 saturated carbocycles. The number of carbonyl (C=O) groups is 2. The Labute approximate surface area is 138 Å². The first kappa shape index (κ1) is 17.5. The lowest BCUT2D eigenvalue weighted by atomic mass is 9.86. The van der Waals surface area contributed by atoms with E-state index in [-0.39, 0.29) is 11.7 Å². The number of amides is 1. The standard InChI is InChI=1S/C19H27NO3/c1-14-6-3-4-7-18(14)20-19(22)8-5-13-23-17-11-9-16(10-12-17)15(2)21/h9-12,14,18H,3-8,13H2,1-2H3,(H,20,22)/t14-,18+/m1/s1. The van der Waals surface area contributed by atoms with Crippen LogP contribution in [0.1, 0.15) is 62.7 Å². The molecule has 0 aromatic heterocycles. The van der Waals surface area contributed by atoms with Gasteiger partial charge in [0.25, 0.3) is 0 Å². The SMILES string of the molecule is CC(=O)c1ccc(OCCCC(=O)N[C@H]2CCCC[C@H]2C)cc1. The minimum Gasteiger partial charge on any atom is -0.494 e. The summed E-state index contributed by atoms with van der Waals surface area (Å²) in [5, 5.41) is 3.16. The first-order valence-electron chi connectivity index (χ1n) is 8.59. The summed E-state index contributed by atoms with van der Waals surface area (Å²) in [6, 6.07) is 7.45. The molecule has 1 aromatic carbocycles. The second kappa shape index (κ2) is 8.70. The van der Waals surface area contributed by atoms with Crippen LogP contribution in [0.5, 0.6) is 5.75 Å². The Morgan fingerprint density at radius 1 is 1.17 bits per heavy atom. The summed E-state index contributed by atoms with van der Waals surface area (Å²) in [6.45, 7) is 4.27. The van der Waals surface area contributed by atoms with Crippen molar-refractivity contribution in [3.8, 4) is 5.75 Å². The van der Waals surface area contributed by atoms with Crippen LogP contribution in [0.3, 0.4) is 0 Å². The van der Waals surface area contributed by atoms with Crippen LogP contribution >= 0.6 is 0 Å². The van der Waals surface area contributed by atoms with Crippen LogP contribution < -0.4 is 10.1 Å². The van der Waals surface area contributed by atoms with Crippen molar-refractivity contribution >= 4 is 11.7 Å². The van der Waals surface area contributed by atoms with Gasteiger partial charge in [-0.3, -0.25) is 9.59 Å². The molecule has 126 valence electrons. The van der Waals surface area contributed by atoms with E-state index in [1.807, 2.05) is 0 Å². The van der Waals surface area contributed by atoms with Crippen LogP contribution in [0, 0.1) is 5.92 Å². The average Bonchev–Trinajstić information content (AvgIpc) is 2.54. The van der Waals surface area contributed by atoms with E-state index in [0.29, 0.717) is 37.0 Å². The molecule has 1 aliphatic rings. The van der Waals surface area contributed by atoms with E-state index >= 15 is 0 Å². The van der Waals surface area contributed by atoms with Gasteiger partial charge in [-0.25, -0.2) is 0 Å². The number of ether oxygens (including phenoxy) is 1. The molecule has 0 spiro atoms. The molecule has 0 heterocycles. The minimum absolute atomic E-state index is 0.0464. The molecule has 0 radical (unpaired) electrons. The fourth-order valence-corrected chi connectivity index (χ4v) is 3.02. The average molecular weight is 317 g/mol. The van der Waals surface area contributed by atoms with Gasteiger partial charge < -0.3 is 10.1 Å². The molecular formula is C19H27NO3. The van der Waals surface area contributed by atoms with Crippen LogP contribution in [-0.4, -0.2) is 24.3 Å². The summed E-state index contributed by atoms with van der Waals surface area (Å²) < 4.78 is 5.61. The molecule has 1 amide bonds. The molecule has 23 heavy (non-hydrogen) atoms. The van der Waals surface area contributed by atoms with Gasteiger partial charge in [0, 0.05) is 18.0 Å². The Bertz CT molecular complexity index is 524. The van der Waals surface area contributed by atoms with Gasteiger partial charge in [0.2, 0.25) is 5.91 Å². The van der Waals surface area contributed by atoms with Crippen molar-refractivity contribution in [2.75, 3.05) is 6.61 Å². The molecule has 4 heteroatoms. The molecule has 1 aliphatic carbocycles. The summed E-state index contributed by atoms with van der Waals surface area (Å²) >= 11 is 0. The molecule has 1 aromatic rings. The highest BCUT2D eigenvalue weighted by atomic mass is 16.5. The zero-order chi connectivity index (χ0) is 16.7. The maximum Gasteiger partial charge on any atom is 0.220 e. The Balaban J connectivity index is 1.64. The topological polar surface area (TPSA) is 55.4 Å². The molecule has 1 N–H and O–H groups in total. The fraction of sp³-hybridized carbons (Fsp3) is 0.579. The van der Waals surface area contributed by atoms with Crippen molar-refractivity contribution in [3.05, 3.63) is 29.8 Å². The predicted octanol–water partition coefficient (Wildman–Crippen LogP) is 3.74. The van der Waals surface area contributed by atoms with Gasteiger partial charge in [-0.15, -0.1) is 0 Å². The molecule has 0 unspecified atom stereocenters. The Kier molecular flexibility index (Phi) is 6.63. The van der Waals surface area contributed by atoms with E-state index in [2.05, 4.69) is 12.2 Å². The first-order valence-corrected chi connectivity index (χ1v) is 8.59. The molecule has 0 saturated heterocycles. The minimum atomic E-state index is 0.0464. The second-order valence-electron chi connectivity index (χ2n) is 6.47. The quantitative estimate of drug-likeness (QED) is 0.615. The number of rotatable bonds is 7. The molecule has 2 atom stereocenters. The highest BCUT2D eigenvalue weighted by molar-refractivity contribution is 5.94. The molecule has 2 rings (SSSR count). The van der Waals surface area contributed by atoms with Crippen molar-refractivity contribution in [2.45, 2.75) is 58.4 Å². The van der Waals surface area contributed by atoms with Crippen LogP contribution in [0.2, 0.25) is 0 Å². The van der Waals surface area contributed by atoms with Crippen molar-refractivity contribution in [1.29, 1.82) is 0 Å². The van der Waals surface area contributed by atoms with Gasteiger partial charge in [0.05, 0.1) is 6.61 Å². The third-order valence-corrected chi connectivity index (χ3v) is 4.54. The van der Waals surface area contributed by atoms with E-state index in [9.17, 15) is 9.59 Å². The number of carbonyl (C=O) groups excluding carboxylic acids is 2. The summed E-state index contributed by atoms with van der Waals surface area (Å²) in [7, 11) is 0. The van der Waals surface area contributed by atoms with Crippen LogP contribution in [0.4, 0.5) is 0 Å². The first-order chi connectivity index (χ1) is 11.1. The van der Waals surface area contributed by atoms with Gasteiger partial charge in [0.1, 0.15) is 5.75 Å². The summed E-state index contributed by atoms with van der Waals surface area (Å²) in [5.74, 6) is 1.49. The molecule has 0 bridgehead atoms. The van der Waals surface area contributed by atoms with Crippen molar-refractivity contribution in [1.82, 2.24) is 5.32 Å². The normalized spacial score (nSPS) is 20.8. The van der Waals surface area contributed by atoms with Crippen LogP contribution in [0.15, 0.2) is 24.3 Å². The highest BCUT2D eigenvalue weighted by Crippen LogP contribution is 2.23. The predicted molar refractivity (Wildman–Crippen MR) is 90.7 cm³/mol. The van der Waals surface area contributed by atoms with Gasteiger partial charge in [0.15, 0.2) is 5.78 Å². The van der Waals surface area contributed by atoms with Gasteiger partial charge in [-0.2, -0.15) is 0 Å². The number of benzene rings is 1. The Morgan fingerprint density at radius 3 is 2.52 bits per heavy atom. The fourth-order valence-electron chi connectivity index (χ4n) is 3.02. The number of Topliss-reactive ketones (excluding diaryl/α,β-unsaturated/α-hetero) is 1. The smallest absolute Gasteiger partial charge is 0.220 e. The number of ketones is 1. The summed E-state index contributed by atoms with van der Waals surface area (Å²) in [4.78, 5) is 23.2. The van der Waals surface area contributed by atoms with E-state index in [4.69, 9.17) is 4.74 Å². The van der Waals surface area contributed by atoms with E-state index in [0.717, 1.165) is 12.2 Å². The lowest BCUT2D eigenvalue weighted by molar-refractivity contribution is -0.122. The summed E-state index contributed by atoms with van der Waals surface area (Å²) in [5.41, 5.74) is 0.679. The number of hydrogen-bond acceptors (Lipinski definition) is 3. The molecule has 4 nitrogen and oxygen atoms in total. The highest BCUT2D eigenvalue weighted by Gasteiger charge is 2.22. The largest absolute Gasteiger partial charge is 0.494 e. The summed E-state index contributed by atoms with van der Waals surface area (Å²) in [6.07, 6.45) is 6.00. The zero-order valence-electron chi connectivity index (χ0n) is 14.1. The van der Waals surface area contributed by atoms with Gasteiger partial charge in [-0.05, 0) is 56.4 Å². The van der Waals surface area contributed by atoms with E-state index in [1.54, 1.807) is 31.2 Å². The molecule has 1 fully saturated rings. The Hall–Kier alpha value is -1.84. The maximum absolute atomic E-state index is 12.0. The lowest BCUT2D eigenvalue weighted by Gasteiger charge is -2.29. The van der Waals surface area contributed by atoms with Crippen molar-refractivity contribution in [3.63, 3.8) is 0 Å². The monoisotopic (exact) mass is 317 g/mol. The lowest BCUT2D eigenvalue weighted by Crippen LogP contribution is -2.41. The van der Waals surface area contributed by atoms with E-state index < -0.39 is 0 Å². The third-order valence-electron chi connectivity index (χ3n) is 4.54. The second-order valence-corrected chi connectivity index (χ2v) is 6.47. The zero-order valence-corrected chi connectivity index (χ0v) is 14.1. The number of nitrogens with one attached hydrogen (secondary N) is 1. The van der Waals surface area contributed by atoms with Crippen LogP contribution in [0.25, 0.3) is 0 Å².